The maximum Gasteiger partial charge on any atom is 0.0682 e. The molecule has 0 spiro atoms. The van der Waals surface area contributed by atoms with Gasteiger partial charge in [0.05, 0.1) is 5.60 Å². The van der Waals surface area contributed by atoms with Crippen LogP contribution in [0.1, 0.15) is 164 Å². The summed E-state index contributed by atoms with van der Waals surface area (Å²) in [7, 11) is 0. The van der Waals surface area contributed by atoms with Crippen LogP contribution in [0.3, 0.4) is 0 Å². The van der Waals surface area contributed by atoms with E-state index in [1.165, 1.54) is 122 Å². The van der Waals surface area contributed by atoms with Crippen molar-refractivity contribution >= 4 is 0 Å². The van der Waals surface area contributed by atoms with Gasteiger partial charge in [0, 0.05) is 19.8 Å². The van der Waals surface area contributed by atoms with Crippen LogP contribution in [-0.2, 0) is 9.47 Å². The Labute approximate surface area is 198 Å². The van der Waals surface area contributed by atoms with E-state index in [-0.39, 0.29) is 5.60 Å². The van der Waals surface area contributed by atoms with Crippen LogP contribution in [0.2, 0.25) is 0 Å². The highest BCUT2D eigenvalue weighted by Crippen LogP contribution is 2.33. The van der Waals surface area contributed by atoms with E-state index in [1.807, 2.05) is 13.8 Å². The molecule has 0 heterocycles. The van der Waals surface area contributed by atoms with Crippen LogP contribution in [0.4, 0.5) is 0 Å². The van der Waals surface area contributed by atoms with Gasteiger partial charge in [-0.25, -0.2) is 0 Å². The quantitative estimate of drug-likeness (QED) is 0.146. The lowest BCUT2D eigenvalue weighted by Crippen LogP contribution is -2.33. The van der Waals surface area contributed by atoms with Crippen molar-refractivity contribution in [2.45, 2.75) is 169 Å². The third kappa shape index (κ3) is 24.4. The minimum Gasteiger partial charge on any atom is -0.382 e. The minimum absolute atomic E-state index is 0.192. The number of unbranched alkanes of at least 4 members (excludes halogenated alkanes) is 13. The van der Waals surface area contributed by atoms with Crippen molar-refractivity contribution in [3.63, 3.8) is 0 Å². The van der Waals surface area contributed by atoms with Crippen LogP contribution in [0.15, 0.2) is 0 Å². The highest BCUT2D eigenvalue weighted by atomic mass is 16.5. The lowest BCUT2D eigenvalue weighted by atomic mass is 9.84. The van der Waals surface area contributed by atoms with Gasteiger partial charge in [-0.1, -0.05) is 124 Å². The van der Waals surface area contributed by atoms with Gasteiger partial charge < -0.3 is 9.47 Å². The smallest absolute Gasteiger partial charge is 0.0682 e. The molecule has 0 bridgehead atoms. The molecule has 0 aromatic carbocycles. The first-order valence-corrected chi connectivity index (χ1v) is 14.4. The highest BCUT2D eigenvalue weighted by Gasteiger charge is 2.29. The Morgan fingerprint density at radius 3 is 0.968 bits per heavy atom. The zero-order valence-corrected chi connectivity index (χ0v) is 22.9. The first kappa shape index (κ1) is 33.1. The van der Waals surface area contributed by atoms with Gasteiger partial charge in [-0.05, 0) is 40.0 Å². The summed E-state index contributed by atoms with van der Waals surface area (Å²) in [6.07, 6.45) is 26.1. The van der Waals surface area contributed by atoms with Crippen molar-refractivity contribution in [1.82, 2.24) is 0 Å². The standard InChI is InChI=1S/C25H52O.C4H10O/c1-5-9-12-15-18-21-24-25(26-8-4,22-19-16-13-10-6-2)23-20-17-14-11-7-3;1-3-5-4-2/h5-24H2,1-4H3;3-4H2,1-2H3. The van der Waals surface area contributed by atoms with Gasteiger partial charge in [0.2, 0.25) is 0 Å². The maximum atomic E-state index is 6.47. The van der Waals surface area contributed by atoms with Crippen molar-refractivity contribution in [2.75, 3.05) is 19.8 Å². The van der Waals surface area contributed by atoms with E-state index in [1.54, 1.807) is 0 Å². The molecule has 0 rings (SSSR count). The molecule has 0 aromatic rings. The summed E-state index contributed by atoms with van der Waals surface area (Å²) in [6, 6.07) is 0. The Bertz CT molecular complexity index is 287. The molecular formula is C29H62O2. The zero-order chi connectivity index (χ0) is 23.5. The second-order valence-corrected chi connectivity index (χ2v) is 9.24. The summed E-state index contributed by atoms with van der Waals surface area (Å²) in [5, 5.41) is 0. The molecule has 31 heavy (non-hydrogen) atoms. The predicted octanol–water partition coefficient (Wildman–Crippen LogP) is 10.3. The third-order valence-electron chi connectivity index (χ3n) is 6.32. The normalized spacial score (nSPS) is 11.4. The Hall–Kier alpha value is -0.0800. The average Bonchev–Trinajstić information content (AvgIpc) is 2.77. The monoisotopic (exact) mass is 442 g/mol. The molecule has 0 fully saturated rings. The van der Waals surface area contributed by atoms with Gasteiger partial charge in [0.1, 0.15) is 0 Å². The summed E-state index contributed by atoms with van der Waals surface area (Å²) in [5.74, 6) is 0. The summed E-state index contributed by atoms with van der Waals surface area (Å²) in [4.78, 5) is 0. The van der Waals surface area contributed by atoms with Crippen LogP contribution >= 0.6 is 0 Å². The van der Waals surface area contributed by atoms with Gasteiger partial charge in [0.25, 0.3) is 0 Å². The van der Waals surface area contributed by atoms with E-state index in [2.05, 4.69) is 27.7 Å². The summed E-state index contributed by atoms with van der Waals surface area (Å²) in [5.41, 5.74) is 0.192. The van der Waals surface area contributed by atoms with Crippen LogP contribution < -0.4 is 0 Å². The second-order valence-electron chi connectivity index (χ2n) is 9.24. The Morgan fingerprint density at radius 2 is 0.710 bits per heavy atom. The van der Waals surface area contributed by atoms with E-state index in [0.717, 1.165) is 19.8 Å². The molecule has 0 amide bonds. The van der Waals surface area contributed by atoms with E-state index >= 15 is 0 Å². The number of hydrogen-bond donors (Lipinski definition) is 0. The Kier molecular flexibility index (Phi) is 29.8. The van der Waals surface area contributed by atoms with E-state index in [9.17, 15) is 0 Å². The topological polar surface area (TPSA) is 18.5 Å². The molecule has 0 aliphatic heterocycles. The van der Waals surface area contributed by atoms with E-state index in [0.29, 0.717) is 0 Å². The van der Waals surface area contributed by atoms with Gasteiger partial charge in [-0.15, -0.1) is 0 Å². The molecule has 2 heteroatoms. The van der Waals surface area contributed by atoms with Gasteiger partial charge >= 0.3 is 0 Å². The van der Waals surface area contributed by atoms with Crippen molar-refractivity contribution < 1.29 is 9.47 Å². The summed E-state index contributed by atoms with van der Waals surface area (Å²) < 4.78 is 11.3. The average molecular weight is 443 g/mol. The molecule has 0 saturated carbocycles. The second kappa shape index (κ2) is 28.0. The molecule has 0 aliphatic rings. The zero-order valence-electron chi connectivity index (χ0n) is 22.9. The summed E-state index contributed by atoms with van der Waals surface area (Å²) >= 11 is 0. The molecule has 0 atom stereocenters. The van der Waals surface area contributed by atoms with E-state index in [4.69, 9.17) is 9.47 Å². The molecule has 0 N–H and O–H groups in total. The third-order valence-corrected chi connectivity index (χ3v) is 6.32. The van der Waals surface area contributed by atoms with Gasteiger partial charge in [0.15, 0.2) is 0 Å². The number of hydrogen-bond acceptors (Lipinski definition) is 2. The molecular weight excluding hydrogens is 380 g/mol. The molecule has 190 valence electrons. The number of ether oxygens (including phenoxy) is 2. The maximum absolute atomic E-state index is 6.47. The fraction of sp³-hybridized carbons (Fsp3) is 1.00. The Balaban J connectivity index is 0. The number of rotatable bonds is 23. The summed E-state index contributed by atoms with van der Waals surface area (Å²) in [6.45, 7) is 15.7. The van der Waals surface area contributed by atoms with Crippen molar-refractivity contribution in [2.24, 2.45) is 0 Å². The predicted molar refractivity (Wildman–Crippen MR) is 141 cm³/mol. The fourth-order valence-corrected chi connectivity index (χ4v) is 4.43. The highest BCUT2D eigenvalue weighted by molar-refractivity contribution is 4.81. The van der Waals surface area contributed by atoms with Crippen LogP contribution in [0, 0.1) is 0 Å². The molecule has 0 unspecified atom stereocenters. The van der Waals surface area contributed by atoms with Crippen molar-refractivity contribution in [3.05, 3.63) is 0 Å². The molecule has 0 radical (unpaired) electrons. The molecule has 2 nitrogen and oxygen atoms in total. The van der Waals surface area contributed by atoms with Crippen molar-refractivity contribution in [3.8, 4) is 0 Å². The SMILES string of the molecule is CCCCCCCCC(CCCCCCC)(CCCCCCC)OCC.CCOCC. The van der Waals surface area contributed by atoms with E-state index < -0.39 is 0 Å². The minimum atomic E-state index is 0.192. The van der Waals surface area contributed by atoms with Crippen LogP contribution in [-0.4, -0.2) is 25.4 Å². The molecule has 0 saturated heterocycles. The lowest BCUT2D eigenvalue weighted by molar-refractivity contribution is -0.0624. The van der Waals surface area contributed by atoms with Crippen molar-refractivity contribution in [1.29, 1.82) is 0 Å². The lowest BCUT2D eigenvalue weighted by Gasteiger charge is -2.34. The van der Waals surface area contributed by atoms with Gasteiger partial charge in [-0.3, -0.25) is 0 Å². The molecule has 0 aliphatic carbocycles. The first-order valence-electron chi connectivity index (χ1n) is 14.4. The Morgan fingerprint density at radius 1 is 0.387 bits per heavy atom. The van der Waals surface area contributed by atoms with Crippen LogP contribution in [0.5, 0.6) is 0 Å². The fourth-order valence-electron chi connectivity index (χ4n) is 4.43. The molecule has 0 aromatic heterocycles. The van der Waals surface area contributed by atoms with Crippen LogP contribution in [0.25, 0.3) is 0 Å². The first-order chi connectivity index (χ1) is 15.2. The van der Waals surface area contributed by atoms with Gasteiger partial charge in [-0.2, -0.15) is 0 Å². The largest absolute Gasteiger partial charge is 0.382 e.